The average molecular weight is 1100 g/mol. The normalized spacial score (nSPS) is 11.3. The van der Waals surface area contributed by atoms with Crippen LogP contribution in [0.4, 0.5) is 45.5 Å². The van der Waals surface area contributed by atoms with Gasteiger partial charge in [0.05, 0.1) is 68.9 Å². The molecule has 0 aliphatic heterocycles. The van der Waals surface area contributed by atoms with E-state index >= 15 is 0 Å². The third-order valence-electron chi connectivity index (χ3n) is 9.87. The summed E-state index contributed by atoms with van der Waals surface area (Å²) in [5.41, 5.74) is 5.09. The van der Waals surface area contributed by atoms with Crippen molar-refractivity contribution in [1.29, 1.82) is 0 Å². The molecule has 0 heterocycles. The third kappa shape index (κ3) is 18.8. The number of carbonyl (C=O) groups excluding carboxylic acids is 1. The van der Waals surface area contributed by atoms with Gasteiger partial charge >= 0.3 is 118 Å². The molecule has 74 heavy (non-hydrogen) atoms. The van der Waals surface area contributed by atoms with E-state index in [1.807, 2.05) is 6.92 Å². The van der Waals surface area contributed by atoms with Gasteiger partial charge in [-0.25, -0.2) is 8.42 Å². The maximum atomic E-state index is 12.0. The van der Waals surface area contributed by atoms with E-state index in [-0.39, 0.29) is 177 Å². The number of anilines is 2. The number of phenolic OH excluding ortho intramolecular Hbond substituents is 1. The molecule has 7 aromatic carbocycles. The monoisotopic (exact) mass is 1100 g/mol. The summed E-state index contributed by atoms with van der Waals surface area (Å²) in [6, 6.07) is 31.2. The van der Waals surface area contributed by atoms with Gasteiger partial charge in [-0.15, -0.1) is 5.11 Å². The smallest absolute Gasteiger partial charge is 0.744 e. The fraction of sp³-hybridized carbons (Fsp3) is 0.133. The van der Waals surface area contributed by atoms with Crippen LogP contribution < -0.4 is 149 Å². The molecule has 0 unspecified atom stereocenters. The van der Waals surface area contributed by atoms with Crippen molar-refractivity contribution in [1.82, 2.24) is 0 Å². The Kier molecular flexibility index (Phi) is 28.1. The predicted molar refractivity (Wildman–Crippen MR) is 248 cm³/mol. The van der Waals surface area contributed by atoms with Gasteiger partial charge in [-0.2, -0.15) is 34.2 Å². The Morgan fingerprint density at radius 3 is 1.82 bits per heavy atom. The zero-order valence-electron chi connectivity index (χ0n) is 40.5. The number of hydrogen-bond donors (Lipinski definition) is 3. The molecule has 7 rings (SSSR count). The molecule has 0 saturated heterocycles. The molecule has 0 aliphatic carbocycles. The fourth-order valence-electron chi connectivity index (χ4n) is 6.52. The Labute approximate surface area is 520 Å². The van der Waals surface area contributed by atoms with Crippen LogP contribution in [0.5, 0.6) is 11.5 Å². The van der Waals surface area contributed by atoms with Crippen molar-refractivity contribution in [3.8, 4) is 11.5 Å². The summed E-state index contributed by atoms with van der Waals surface area (Å²) < 4.78 is 56.0. The van der Waals surface area contributed by atoms with E-state index in [4.69, 9.17) is 9.47 Å². The zero-order chi connectivity index (χ0) is 49.6. The number of carbonyl (C=O) groups is 1. The number of rotatable bonds is 23. The molecule has 0 spiro atoms. The van der Waals surface area contributed by atoms with Crippen LogP contribution in [0.3, 0.4) is 0 Å². The molecule has 0 aliphatic rings. The number of carboxylic acids is 1. The number of benzene rings is 7. The number of azo groups is 3. The van der Waals surface area contributed by atoms with Crippen LogP contribution in [0, 0.1) is 13.8 Å². The van der Waals surface area contributed by atoms with Crippen molar-refractivity contribution in [2.75, 3.05) is 30.7 Å². The summed E-state index contributed by atoms with van der Waals surface area (Å²) in [7, 11) is -4.92. The number of aromatic hydroxyl groups is 1. The summed E-state index contributed by atoms with van der Waals surface area (Å²) in [6.45, 7) is 3.88. The van der Waals surface area contributed by atoms with Crippen LogP contribution in [-0.2, 0) is 38.4 Å². The largest absolute Gasteiger partial charge is 1.00 e. The number of nitrogens with one attached hydrogen (secondary N) is 2. The van der Waals surface area contributed by atoms with E-state index in [0.717, 1.165) is 11.8 Å². The first-order chi connectivity index (χ1) is 33.8. The number of aliphatic carboxylic acids is 1. The average Bonchev–Trinajstić information content (AvgIpc) is 3.34. The van der Waals surface area contributed by atoms with Gasteiger partial charge in [0.1, 0.15) is 28.3 Å². The summed E-state index contributed by atoms with van der Waals surface area (Å²) in [5.74, 6) is -0.822. The molecule has 0 aromatic heterocycles. The van der Waals surface area contributed by atoms with Gasteiger partial charge in [0.2, 0.25) is 0 Å². The molecule has 362 valence electrons. The second kappa shape index (κ2) is 31.9. The molecule has 0 atom stereocenters. The summed E-state index contributed by atoms with van der Waals surface area (Å²) in [4.78, 5) is 10.4. The number of fused-ring (bicyclic) bond motifs is 2. The number of ether oxygens (including phenoxy) is 2. The zero-order valence-corrected chi connectivity index (χ0v) is 50.9. The molecule has 3 N–H and O–H groups in total. The van der Waals surface area contributed by atoms with Gasteiger partial charge in [0, 0.05) is 39.4 Å². The molecule has 0 radical (unpaired) electrons. The van der Waals surface area contributed by atoms with Crippen LogP contribution >= 0.6 is 24.1 Å². The van der Waals surface area contributed by atoms with Gasteiger partial charge in [0.25, 0.3) is 0 Å². The molecule has 0 bridgehead atoms. The predicted octanol–water partition coefficient (Wildman–Crippen LogP) is -3.08. The Morgan fingerprint density at radius 2 is 1.22 bits per heavy atom. The Bertz CT molecular complexity index is 3240. The minimum Gasteiger partial charge on any atom is -0.744 e. The van der Waals surface area contributed by atoms with Crippen LogP contribution in [-0.4, -0.2) is 44.1 Å². The molecule has 0 saturated carbocycles. The minimum absolute atomic E-state index is 0. The van der Waals surface area contributed by atoms with E-state index in [9.17, 15) is 38.5 Å². The first-order valence-electron chi connectivity index (χ1n) is 20.3. The fourth-order valence-corrected chi connectivity index (χ4v) is 8.25. The second-order valence-electron chi connectivity index (χ2n) is 14.6. The van der Waals surface area contributed by atoms with Crippen LogP contribution in [0.1, 0.15) is 17.5 Å². The van der Waals surface area contributed by atoms with Crippen LogP contribution in [0.15, 0.2) is 161 Å². The number of nitrogens with zero attached hydrogens (tertiary/aromatic N) is 6. The number of aryl methyl sites for hydroxylation is 2. The van der Waals surface area contributed by atoms with Crippen molar-refractivity contribution in [2.45, 2.75) is 35.0 Å². The topological polar surface area (TPSA) is 317 Å². The second-order valence-corrected chi connectivity index (χ2v) is 17.5. The minimum atomic E-state index is -4.92. The standard InChI is InChI=1S/C45H40N8O14S3.4Na/c1-26-17-32(8-13-40(26)52-49-34-4-3-28-20-36(68-66-64-57)23-42(38(28)22-34)70(59,60)61)48-51-39-14-9-33(18-27(39)2)50-53-44-41(69-67-65-58)21-29-19-31(7-12-37(29)45(44)56)47-25-63-35-10-5-30(6-11-35)46-24-62-16-15-43(54)55;;;;/h3-14,17-23,46-47,56-58H,15-16,24-25H2,1-2H3,(H,54,55)(H,59,60,61);;;;/q;4*+1/p-4. The Morgan fingerprint density at radius 1 is 0.635 bits per heavy atom. The van der Waals surface area contributed by atoms with Gasteiger partial charge in [0.15, 0.2) is 12.5 Å². The Balaban J connectivity index is 0.00000361. The molecular weight excluding hydrogens is 1060 g/mol. The van der Waals surface area contributed by atoms with Crippen molar-refractivity contribution >= 4 is 107 Å². The first-order valence-corrected chi connectivity index (χ1v) is 23.2. The van der Waals surface area contributed by atoms with E-state index in [0.29, 0.717) is 85.6 Å². The SMILES string of the molecule is Cc1cc(N=Nc2ccc(N=Nc3c(SOO[O-])cc4cc(NCOc5ccc(NCOCCC(=O)[O-])cc5)ccc4c3O)cc2C)ccc1N=Nc1ccc2cc(SOO[O-])cc(S(=O)(=O)[O-])c2c1.[Na+].[Na+].[Na+].[Na+]. The van der Waals surface area contributed by atoms with E-state index in [2.05, 4.69) is 60.1 Å². The van der Waals surface area contributed by atoms with E-state index in [1.54, 1.807) is 104 Å². The van der Waals surface area contributed by atoms with E-state index in [1.165, 1.54) is 12.1 Å². The molecule has 22 nitrogen and oxygen atoms in total. The van der Waals surface area contributed by atoms with Gasteiger partial charge in [-0.05, 0) is 145 Å². The third-order valence-corrected chi connectivity index (χ3v) is 11.9. The molecule has 29 heteroatoms. The van der Waals surface area contributed by atoms with Gasteiger partial charge < -0.3 is 50.2 Å². The van der Waals surface area contributed by atoms with Crippen molar-refractivity contribution in [2.24, 2.45) is 30.7 Å². The summed E-state index contributed by atoms with van der Waals surface area (Å²) >= 11 is 1.00. The van der Waals surface area contributed by atoms with Gasteiger partial charge in [-0.1, -0.05) is 6.07 Å². The van der Waals surface area contributed by atoms with E-state index < -0.39 is 21.0 Å². The first kappa shape index (κ1) is 65.1. The molecule has 0 amide bonds. The molecule has 0 fully saturated rings. The van der Waals surface area contributed by atoms with Crippen molar-refractivity contribution < 1.29 is 185 Å². The quantitative estimate of drug-likeness (QED) is 0.00836. The van der Waals surface area contributed by atoms with Crippen molar-refractivity contribution in [3.63, 3.8) is 0 Å². The molecular formula is C45H36N8Na4O14S3. The maximum absolute atomic E-state index is 12.0. The summed E-state index contributed by atoms with van der Waals surface area (Å²) in [6.07, 6.45) is -0.190. The number of carboxylic acid groups (broad SMARTS) is 1. The van der Waals surface area contributed by atoms with Crippen molar-refractivity contribution in [3.05, 3.63) is 126 Å². The maximum Gasteiger partial charge on any atom is 1.00 e. The number of phenols is 1. The summed E-state index contributed by atoms with van der Waals surface area (Å²) in [5, 5.41) is 83.3. The van der Waals surface area contributed by atoms with Crippen LogP contribution in [0.2, 0.25) is 0 Å². The van der Waals surface area contributed by atoms with Crippen LogP contribution in [0.25, 0.3) is 21.5 Å². The van der Waals surface area contributed by atoms with Gasteiger partial charge in [-0.3, -0.25) is 10.1 Å². The molecule has 7 aromatic rings. The number of hydrogen-bond acceptors (Lipinski definition) is 24. The Hall–Kier alpha value is -3.14.